The third-order valence-electron chi connectivity index (χ3n) is 4.01. The van der Waals surface area contributed by atoms with E-state index in [-0.39, 0.29) is 0 Å². The lowest BCUT2D eigenvalue weighted by Gasteiger charge is -2.35. The van der Waals surface area contributed by atoms with E-state index >= 15 is 0 Å². The van der Waals surface area contributed by atoms with E-state index in [1.54, 1.807) is 17.0 Å². The fraction of sp³-hybridized carbons (Fsp3) is 0.278. The monoisotopic (exact) mass is 324 g/mol. The first-order chi connectivity index (χ1) is 11.6. The van der Waals surface area contributed by atoms with Crippen molar-refractivity contribution in [2.24, 2.45) is 0 Å². The summed E-state index contributed by atoms with van der Waals surface area (Å²) in [4.78, 5) is 32.4. The Morgan fingerprint density at radius 2 is 1.67 bits per heavy atom. The summed E-state index contributed by atoms with van der Waals surface area (Å²) in [6.45, 7) is 4.32. The second-order valence-corrected chi connectivity index (χ2v) is 5.73. The lowest BCUT2D eigenvalue weighted by Crippen LogP contribution is -2.51. The summed E-state index contributed by atoms with van der Waals surface area (Å²) in [6.07, 6.45) is 0. The van der Waals surface area contributed by atoms with Crippen LogP contribution in [0.4, 0.5) is 11.5 Å². The number of anilines is 2. The van der Waals surface area contributed by atoms with Crippen molar-refractivity contribution >= 4 is 23.3 Å². The molecule has 3 rings (SSSR count). The largest absolute Gasteiger partial charge is 0.368 e. The molecule has 6 nitrogen and oxygen atoms in total. The van der Waals surface area contributed by atoms with Gasteiger partial charge in [-0.2, -0.15) is 0 Å². The van der Waals surface area contributed by atoms with E-state index in [2.05, 4.69) is 15.2 Å². The first kappa shape index (κ1) is 16.0. The van der Waals surface area contributed by atoms with Crippen LogP contribution in [0.25, 0.3) is 0 Å². The second kappa shape index (κ2) is 7.12. The molecule has 1 saturated heterocycles. The van der Waals surface area contributed by atoms with Gasteiger partial charge in [-0.3, -0.25) is 9.59 Å². The highest BCUT2D eigenvalue weighted by Crippen LogP contribution is 2.15. The Morgan fingerprint density at radius 3 is 2.33 bits per heavy atom. The van der Waals surface area contributed by atoms with Gasteiger partial charge in [-0.15, -0.1) is 0 Å². The molecule has 1 aliphatic rings. The van der Waals surface area contributed by atoms with Crippen molar-refractivity contribution in [1.29, 1.82) is 0 Å². The quantitative estimate of drug-likeness (QED) is 0.854. The van der Waals surface area contributed by atoms with Gasteiger partial charge in [-0.1, -0.05) is 24.3 Å². The molecule has 1 aromatic heterocycles. The Bertz CT molecular complexity index is 725. The standard InChI is InChI=1S/C18H20N4O2/c1-14-6-5-9-16(19-14)20-17(23)18(24)22-12-10-21(11-13-22)15-7-3-2-4-8-15/h2-9H,10-13H2,1H3,(H,19,20,23). The molecule has 0 radical (unpaired) electrons. The normalized spacial score (nSPS) is 14.4. The van der Waals surface area contributed by atoms with Gasteiger partial charge < -0.3 is 15.1 Å². The van der Waals surface area contributed by atoms with Crippen molar-refractivity contribution in [2.75, 3.05) is 36.4 Å². The van der Waals surface area contributed by atoms with Crippen molar-refractivity contribution in [3.8, 4) is 0 Å². The van der Waals surface area contributed by atoms with Crippen LogP contribution in [0.15, 0.2) is 48.5 Å². The van der Waals surface area contributed by atoms with Crippen LogP contribution in [0.5, 0.6) is 0 Å². The number of hydrogen-bond acceptors (Lipinski definition) is 4. The van der Waals surface area contributed by atoms with Crippen LogP contribution >= 0.6 is 0 Å². The summed E-state index contributed by atoms with van der Waals surface area (Å²) in [7, 11) is 0. The number of carbonyl (C=O) groups is 2. The van der Waals surface area contributed by atoms with Gasteiger partial charge in [-0.05, 0) is 31.2 Å². The zero-order valence-electron chi connectivity index (χ0n) is 13.6. The number of para-hydroxylation sites is 1. The zero-order chi connectivity index (χ0) is 16.9. The van der Waals surface area contributed by atoms with Crippen LogP contribution in [0, 0.1) is 6.92 Å². The smallest absolute Gasteiger partial charge is 0.315 e. The van der Waals surface area contributed by atoms with Crippen LogP contribution in [0.1, 0.15) is 5.69 Å². The van der Waals surface area contributed by atoms with Crippen molar-refractivity contribution < 1.29 is 9.59 Å². The van der Waals surface area contributed by atoms with Crippen LogP contribution in [-0.4, -0.2) is 47.9 Å². The number of nitrogens with one attached hydrogen (secondary N) is 1. The molecule has 2 aromatic rings. The maximum atomic E-state index is 12.3. The van der Waals surface area contributed by atoms with Crippen LogP contribution < -0.4 is 10.2 Å². The number of pyridine rings is 1. The molecule has 2 amide bonds. The minimum atomic E-state index is -0.638. The summed E-state index contributed by atoms with van der Waals surface area (Å²) < 4.78 is 0. The second-order valence-electron chi connectivity index (χ2n) is 5.73. The average molecular weight is 324 g/mol. The zero-order valence-corrected chi connectivity index (χ0v) is 13.6. The van der Waals surface area contributed by atoms with E-state index in [1.807, 2.05) is 43.3 Å². The van der Waals surface area contributed by atoms with E-state index < -0.39 is 11.8 Å². The Morgan fingerprint density at radius 1 is 0.958 bits per heavy atom. The highest BCUT2D eigenvalue weighted by Gasteiger charge is 2.26. The lowest BCUT2D eigenvalue weighted by atomic mass is 10.2. The molecule has 6 heteroatoms. The molecule has 1 N–H and O–H groups in total. The van der Waals surface area contributed by atoms with Crippen LogP contribution in [-0.2, 0) is 9.59 Å². The predicted molar refractivity (Wildman–Crippen MR) is 92.8 cm³/mol. The van der Waals surface area contributed by atoms with Gasteiger partial charge in [0.05, 0.1) is 0 Å². The molecule has 0 spiro atoms. The molecule has 1 aliphatic heterocycles. The molecule has 0 bridgehead atoms. The van der Waals surface area contributed by atoms with Crippen LogP contribution in [0.2, 0.25) is 0 Å². The molecule has 24 heavy (non-hydrogen) atoms. The highest BCUT2D eigenvalue weighted by atomic mass is 16.2. The van der Waals surface area contributed by atoms with Gasteiger partial charge in [0.1, 0.15) is 5.82 Å². The summed E-state index contributed by atoms with van der Waals surface area (Å²) in [5.74, 6) is -0.747. The molecule has 0 atom stereocenters. The van der Waals surface area contributed by atoms with Crippen molar-refractivity contribution in [1.82, 2.24) is 9.88 Å². The molecular formula is C18H20N4O2. The third-order valence-corrected chi connectivity index (χ3v) is 4.01. The summed E-state index contributed by atoms with van der Waals surface area (Å²) >= 11 is 0. The van der Waals surface area contributed by atoms with E-state index in [0.717, 1.165) is 11.4 Å². The van der Waals surface area contributed by atoms with Gasteiger partial charge in [0.15, 0.2) is 0 Å². The molecule has 1 fully saturated rings. The average Bonchev–Trinajstić information content (AvgIpc) is 2.62. The molecule has 0 aliphatic carbocycles. The van der Waals surface area contributed by atoms with E-state index in [4.69, 9.17) is 0 Å². The van der Waals surface area contributed by atoms with Crippen LogP contribution in [0.3, 0.4) is 0 Å². The first-order valence-electron chi connectivity index (χ1n) is 7.97. The van der Waals surface area contributed by atoms with Crippen molar-refractivity contribution in [3.05, 3.63) is 54.2 Å². The number of amides is 2. The lowest BCUT2D eigenvalue weighted by molar-refractivity contribution is -0.143. The molecule has 0 unspecified atom stereocenters. The first-order valence-corrected chi connectivity index (χ1v) is 7.97. The fourth-order valence-corrected chi connectivity index (χ4v) is 2.73. The minimum Gasteiger partial charge on any atom is -0.368 e. The Balaban J connectivity index is 1.56. The van der Waals surface area contributed by atoms with Gasteiger partial charge in [0.25, 0.3) is 0 Å². The van der Waals surface area contributed by atoms with Gasteiger partial charge >= 0.3 is 11.8 Å². The number of hydrogen-bond donors (Lipinski definition) is 1. The predicted octanol–water partition coefficient (Wildman–Crippen LogP) is 1.68. The number of carbonyl (C=O) groups excluding carboxylic acids is 2. The Hall–Kier alpha value is -2.89. The van der Waals surface area contributed by atoms with Gasteiger partial charge in [0, 0.05) is 37.6 Å². The maximum absolute atomic E-state index is 12.3. The molecule has 2 heterocycles. The Labute approximate surface area is 141 Å². The number of benzene rings is 1. The van der Waals surface area contributed by atoms with E-state index in [1.165, 1.54) is 0 Å². The topological polar surface area (TPSA) is 65.5 Å². The van der Waals surface area contributed by atoms with E-state index in [9.17, 15) is 9.59 Å². The SMILES string of the molecule is Cc1cccc(NC(=O)C(=O)N2CCN(c3ccccc3)CC2)n1. The number of aryl methyl sites for hydroxylation is 1. The van der Waals surface area contributed by atoms with E-state index in [0.29, 0.717) is 32.0 Å². The molecule has 0 saturated carbocycles. The summed E-state index contributed by atoms with van der Waals surface area (Å²) in [6, 6.07) is 15.4. The van der Waals surface area contributed by atoms with Crippen molar-refractivity contribution in [2.45, 2.75) is 6.92 Å². The van der Waals surface area contributed by atoms with Crippen molar-refractivity contribution in [3.63, 3.8) is 0 Å². The fourth-order valence-electron chi connectivity index (χ4n) is 2.73. The summed E-state index contributed by atoms with van der Waals surface area (Å²) in [5.41, 5.74) is 1.93. The number of rotatable bonds is 2. The molecule has 124 valence electrons. The number of nitrogens with zero attached hydrogens (tertiary/aromatic N) is 3. The molecular weight excluding hydrogens is 304 g/mol. The number of aromatic nitrogens is 1. The molecule has 1 aromatic carbocycles. The van der Waals surface area contributed by atoms with Gasteiger partial charge in [0.2, 0.25) is 0 Å². The highest BCUT2D eigenvalue weighted by molar-refractivity contribution is 6.39. The number of piperazine rings is 1. The Kier molecular flexibility index (Phi) is 4.74. The third kappa shape index (κ3) is 3.71. The maximum Gasteiger partial charge on any atom is 0.315 e. The van der Waals surface area contributed by atoms with Gasteiger partial charge in [-0.25, -0.2) is 4.98 Å². The minimum absolute atomic E-state index is 0.399. The summed E-state index contributed by atoms with van der Waals surface area (Å²) in [5, 5.41) is 2.57.